The molecule has 2 aromatic rings. The first kappa shape index (κ1) is 18.5. The van der Waals surface area contributed by atoms with Crippen LogP contribution >= 0.6 is 0 Å². The molecule has 0 bridgehead atoms. The van der Waals surface area contributed by atoms with E-state index in [1.165, 1.54) is 42.4 Å². The number of pyridine rings is 1. The molecule has 148 valence electrons. The fraction of sp³-hybridized carbons (Fsp3) is 0.211. The number of hydrogen-bond acceptors (Lipinski definition) is 6. The van der Waals surface area contributed by atoms with Gasteiger partial charge >= 0.3 is 6.09 Å². The lowest BCUT2D eigenvalue weighted by atomic mass is 10.2. The lowest BCUT2D eigenvalue weighted by Crippen LogP contribution is -2.33. The van der Waals surface area contributed by atoms with Crippen LogP contribution in [0.1, 0.15) is 27.6 Å². The molecule has 1 aromatic heterocycles. The Morgan fingerprint density at radius 1 is 1.24 bits per heavy atom. The molecule has 3 heterocycles. The molecule has 0 saturated carbocycles. The van der Waals surface area contributed by atoms with E-state index < -0.39 is 29.8 Å². The summed E-state index contributed by atoms with van der Waals surface area (Å²) in [6.07, 6.45) is 1.39. The summed E-state index contributed by atoms with van der Waals surface area (Å²) in [6.45, 7) is 1.61. The van der Waals surface area contributed by atoms with Crippen molar-refractivity contribution >= 4 is 35.2 Å². The first-order valence-electron chi connectivity index (χ1n) is 8.71. The average molecular weight is 398 g/mol. The molecular weight excluding hydrogens is 383 g/mol. The number of halogens is 1. The van der Waals surface area contributed by atoms with Crippen LogP contribution in [0.5, 0.6) is 0 Å². The molecule has 0 aliphatic carbocycles. The van der Waals surface area contributed by atoms with Crippen LogP contribution in [0.15, 0.2) is 36.7 Å². The predicted molar refractivity (Wildman–Crippen MR) is 98.1 cm³/mol. The van der Waals surface area contributed by atoms with Crippen molar-refractivity contribution in [3.63, 3.8) is 0 Å². The minimum absolute atomic E-state index is 0.102. The topological polar surface area (TPSA) is 109 Å². The minimum atomic E-state index is -0.844. The van der Waals surface area contributed by atoms with Crippen molar-refractivity contribution in [1.82, 2.24) is 10.3 Å². The van der Waals surface area contributed by atoms with Gasteiger partial charge in [-0.25, -0.2) is 14.1 Å². The summed E-state index contributed by atoms with van der Waals surface area (Å²) in [5.41, 5.74) is 0.240. The first-order valence-corrected chi connectivity index (χ1v) is 8.71. The number of amides is 4. The summed E-state index contributed by atoms with van der Waals surface area (Å²) < 4.78 is 20.0. The molecule has 1 atom stereocenters. The number of benzene rings is 1. The first-order chi connectivity index (χ1) is 13.9. The Balaban J connectivity index is 1.57. The second-order valence-electron chi connectivity index (χ2n) is 6.56. The van der Waals surface area contributed by atoms with Gasteiger partial charge in [0.15, 0.2) is 0 Å². The summed E-state index contributed by atoms with van der Waals surface area (Å²) >= 11 is 0. The molecule has 10 heteroatoms. The molecule has 4 amide bonds. The quantitative estimate of drug-likeness (QED) is 0.782. The molecular formula is C19H15FN4O5. The normalized spacial score (nSPS) is 18.1. The summed E-state index contributed by atoms with van der Waals surface area (Å²) in [6, 6.07) is 5.13. The van der Waals surface area contributed by atoms with Crippen LogP contribution < -0.4 is 15.1 Å². The van der Waals surface area contributed by atoms with Gasteiger partial charge in [0.2, 0.25) is 5.91 Å². The molecule has 1 fully saturated rings. The number of aromatic nitrogens is 1. The van der Waals surface area contributed by atoms with Crippen molar-refractivity contribution in [2.24, 2.45) is 0 Å². The van der Waals surface area contributed by atoms with Crippen LogP contribution in [0.3, 0.4) is 0 Å². The van der Waals surface area contributed by atoms with E-state index in [4.69, 9.17) is 4.74 Å². The predicted octanol–water partition coefficient (Wildman–Crippen LogP) is 1.48. The van der Waals surface area contributed by atoms with E-state index in [1.54, 1.807) is 0 Å². The van der Waals surface area contributed by atoms with E-state index in [0.29, 0.717) is 0 Å². The molecule has 1 aromatic carbocycles. The number of carbonyl (C=O) groups excluding carboxylic acids is 4. The van der Waals surface area contributed by atoms with E-state index in [0.717, 1.165) is 11.0 Å². The van der Waals surface area contributed by atoms with Crippen molar-refractivity contribution in [2.75, 3.05) is 22.9 Å². The maximum Gasteiger partial charge on any atom is 0.414 e. The molecule has 0 radical (unpaired) electrons. The maximum atomic E-state index is 14.8. The van der Waals surface area contributed by atoms with E-state index in [9.17, 15) is 23.6 Å². The highest BCUT2D eigenvalue weighted by Crippen LogP contribution is 2.32. The Kier molecular flexibility index (Phi) is 4.45. The van der Waals surface area contributed by atoms with Crippen LogP contribution in [-0.2, 0) is 9.53 Å². The summed E-state index contributed by atoms with van der Waals surface area (Å²) in [5, 5.41) is 2.55. The summed E-state index contributed by atoms with van der Waals surface area (Å²) in [4.78, 5) is 53.9. The van der Waals surface area contributed by atoms with Gasteiger partial charge in [0.05, 0.1) is 35.6 Å². The Hall–Kier alpha value is -3.82. The van der Waals surface area contributed by atoms with Gasteiger partial charge < -0.3 is 10.1 Å². The van der Waals surface area contributed by atoms with E-state index in [-0.39, 0.29) is 41.5 Å². The monoisotopic (exact) mass is 398 g/mol. The van der Waals surface area contributed by atoms with Crippen LogP contribution in [0.2, 0.25) is 0 Å². The number of anilines is 2. The fourth-order valence-electron chi connectivity index (χ4n) is 3.24. The standard InChI is InChI=1S/C19H15FN4O5/c1-10(25)22-7-12-9-23(19(28)29-12)11-2-3-16(15(20)6-11)24-17(26)13-4-5-21-8-14(13)18(24)27/h2-6,8,12H,7,9H2,1H3,(H,22,25)/t12-/m0/s1. The zero-order valence-electron chi connectivity index (χ0n) is 15.2. The number of nitrogens with zero attached hydrogens (tertiary/aromatic N) is 3. The molecule has 29 heavy (non-hydrogen) atoms. The molecule has 2 aliphatic rings. The number of rotatable bonds is 4. The van der Waals surface area contributed by atoms with Gasteiger partial charge in [0, 0.05) is 19.3 Å². The number of fused-ring (bicyclic) bond motifs is 1. The maximum absolute atomic E-state index is 14.8. The molecule has 2 aliphatic heterocycles. The molecule has 0 spiro atoms. The average Bonchev–Trinajstić information content (AvgIpc) is 3.19. The number of nitrogens with one attached hydrogen (secondary N) is 1. The molecule has 1 N–H and O–H groups in total. The van der Waals surface area contributed by atoms with Crippen LogP contribution in [0.25, 0.3) is 0 Å². The van der Waals surface area contributed by atoms with E-state index in [2.05, 4.69) is 10.3 Å². The van der Waals surface area contributed by atoms with Crippen molar-refractivity contribution < 1.29 is 28.3 Å². The summed E-state index contributed by atoms with van der Waals surface area (Å²) in [5.74, 6) is -2.41. The van der Waals surface area contributed by atoms with Gasteiger partial charge in [-0.15, -0.1) is 0 Å². The summed E-state index contributed by atoms with van der Waals surface area (Å²) in [7, 11) is 0. The highest BCUT2D eigenvalue weighted by molar-refractivity contribution is 6.34. The van der Waals surface area contributed by atoms with Crippen molar-refractivity contribution in [3.05, 3.63) is 53.6 Å². The van der Waals surface area contributed by atoms with Crippen LogP contribution in [0, 0.1) is 5.82 Å². The highest BCUT2D eigenvalue weighted by atomic mass is 19.1. The lowest BCUT2D eigenvalue weighted by Gasteiger charge is -2.18. The number of imide groups is 1. The SMILES string of the molecule is CC(=O)NC[C@H]1CN(c2ccc(N3C(=O)c4ccncc4C3=O)c(F)c2)C(=O)O1. The fourth-order valence-corrected chi connectivity index (χ4v) is 3.24. The van der Waals surface area contributed by atoms with Crippen LogP contribution in [0.4, 0.5) is 20.6 Å². The van der Waals surface area contributed by atoms with E-state index in [1.807, 2.05) is 0 Å². The van der Waals surface area contributed by atoms with Gasteiger partial charge in [0.25, 0.3) is 11.8 Å². The molecule has 1 saturated heterocycles. The molecule has 4 rings (SSSR count). The third-order valence-corrected chi connectivity index (χ3v) is 4.62. The van der Waals surface area contributed by atoms with Crippen molar-refractivity contribution in [3.8, 4) is 0 Å². The smallest absolute Gasteiger partial charge is 0.414 e. The van der Waals surface area contributed by atoms with Gasteiger partial charge in [-0.2, -0.15) is 0 Å². The highest BCUT2D eigenvalue weighted by Gasteiger charge is 2.39. The number of carbonyl (C=O) groups is 4. The zero-order chi connectivity index (χ0) is 20.7. The van der Waals surface area contributed by atoms with Gasteiger partial charge in [0.1, 0.15) is 11.9 Å². The minimum Gasteiger partial charge on any atom is -0.442 e. The largest absolute Gasteiger partial charge is 0.442 e. The lowest BCUT2D eigenvalue weighted by molar-refractivity contribution is -0.119. The Morgan fingerprint density at radius 3 is 2.69 bits per heavy atom. The van der Waals surface area contributed by atoms with Gasteiger partial charge in [-0.05, 0) is 24.3 Å². The van der Waals surface area contributed by atoms with Gasteiger partial charge in [-0.1, -0.05) is 0 Å². The van der Waals surface area contributed by atoms with Gasteiger partial charge in [-0.3, -0.25) is 24.3 Å². The second-order valence-corrected chi connectivity index (χ2v) is 6.56. The third-order valence-electron chi connectivity index (χ3n) is 4.62. The van der Waals surface area contributed by atoms with E-state index >= 15 is 0 Å². The Morgan fingerprint density at radius 2 is 2.00 bits per heavy atom. The second kappa shape index (κ2) is 6.97. The number of hydrogen-bond donors (Lipinski definition) is 1. The molecule has 9 nitrogen and oxygen atoms in total. The van der Waals surface area contributed by atoms with Crippen molar-refractivity contribution in [2.45, 2.75) is 13.0 Å². The number of cyclic esters (lactones) is 1. The number of ether oxygens (including phenoxy) is 1. The Labute approximate surface area is 164 Å². The zero-order valence-corrected chi connectivity index (χ0v) is 15.2. The van der Waals surface area contributed by atoms with Crippen molar-refractivity contribution in [1.29, 1.82) is 0 Å². The molecule has 0 unspecified atom stereocenters. The third kappa shape index (κ3) is 3.18. The van der Waals surface area contributed by atoms with Crippen LogP contribution in [-0.4, -0.2) is 48.0 Å². The Bertz CT molecular complexity index is 1020.